The third kappa shape index (κ3) is 4.59. The Balaban J connectivity index is 2.03. The van der Waals surface area contributed by atoms with E-state index in [1.165, 1.54) is 7.11 Å². The smallest absolute Gasteiger partial charge is 0.333 e. The van der Waals surface area contributed by atoms with Crippen molar-refractivity contribution in [3.8, 4) is 5.75 Å². The van der Waals surface area contributed by atoms with E-state index in [2.05, 4.69) is 26.1 Å². The molecule has 1 atom stereocenters. The van der Waals surface area contributed by atoms with Crippen LogP contribution in [0.25, 0.3) is 0 Å². The van der Waals surface area contributed by atoms with Gasteiger partial charge in [-0.3, -0.25) is 4.79 Å². The molecule has 0 aromatic heterocycles. The Kier molecular flexibility index (Phi) is 6.70. The summed E-state index contributed by atoms with van der Waals surface area (Å²) in [4.78, 5) is 28.4. The van der Waals surface area contributed by atoms with E-state index in [1.807, 2.05) is 42.5 Å². The molecule has 166 valence electrons. The standard InChI is InChI=1S/C25H32N2O4/c1-24(2,3)20-12-11-19(15-21(20)30-4)22(28)27-14-13-26-17-25(27,23(29)31-5)16-18-9-7-6-8-10-18/h6-12,15,26H,13-14,16-17H2,1-5H3. The number of nitrogens with zero attached hydrogens (tertiary/aromatic N) is 1. The summed E-state index contributed by atoms with van der Waals surface area (Å²) in [5.74, 6) is 0.0389. The van der Waals surface area contributed by atoms with Crippen molar-refractivity contribution in [3.05, 3.63) is 65.2 Å². The molecule has 0 aliphatic carbocycles. The maximum Gasteiger partial charge on any atom is 0.333 e. The van der Waals surface area contributed by atoms with Gasteiger partial charge in [0.2, 0.25) is 0 Å². The highest BCUT2D eigenvalue weighted by molar-refractivity contribution is 5.99. The average molecular weight is 425 g/mol. The lowest BCUT2D eigenvalue weighted by atomic mass is 9.84. The van der Waals surface area contributed by atoms with Gasteiger partial charge in [-0.1, -0.05) is 57.2 Å². The molecule has 6 heteroatoms. The number of benzene rings is 2. The van der Waals surface area contributed by atoms with E-state index in [1.54, 1.807) is 18.1 Å². The fourth-order valence-corrected chi connectivity index (χ4v) is 4.23. The molecule has 1 saturated heterocycles. The van der Waals surface area contributed by atoms with Crippen LogP contribution in [0.15, 0.2) is 48.5 Å². The van der Waals surface area contributed by atoms with Gasteiger partial charge in [-0.15, -0.1) is 0 Å². The SMILES string of the molecule is COC(=O)C1(Cc2ccccc2)CNCCN1C(=O)c1ccc(C(C)(C)C)c(OC)c1. The van der Waals surface area contributed by atoms with E-state index < -0.39 is 11.5 Å². The monoisotopic (exact) mass is 424 g/mol. The third-order valence-corrected chi connectivity index (χ3v) is 5.85. The summed E-state index contributed by atoms with van der Waals surface area (Å²) >= 11 is 0. The molecule has 0 spiro atoms. The zero-order valence-electron chi connectivity index (χ0n) is 19.0. The minimum atomic E-state index is -1.12. The fraction of sp³-hybridized carbons (Fsp3) is 0.440. The predicted octanol–water partition coefficient (Wildman–Crippen LogP) is 3.19. The second-order valence-electron chi connectivity index (χ2n) is 8.98. The van der Waals surface area contributed by atoms with E-state index in [0.717, 1.165) is 11.1 Å². The number of hydrogen-bond donors (Lipinski definition) is 1. The third-order valence-electron chi connectivity index (χ3n) is 5.85. The molecule has 1 unspecified atom stereocenters. The molecule has 0 saturated carbocycles. The molecule has 3 rings (SSSR count). The van der Waals surface area contributed by atoms with E-state index in [0.29, 0.717) is 37.4 Å². The van der Waals surface area contributed by atoms with Crippen LogP contribution in [-0.2, 0) is 21.4 Å². The summed E-state index contributed by atoms with van der Waals surface area (Å²) in [7, 11) is 2.98. The highest BCUT2D eigenvalue weighted by Crippen LogP contribution is 2.33. The van der Waals surface area contributed by atoms with Crippen molar-refractivity contribution in [3.63, 3.8) is 0 Å². The molecule has 0 radical (unpaired) electrons. The predicted molar refractivity (Wildman–Crippen MR) is 120 cm³/mol. The van der Waals surface area contributed by atoms with Gasteiger partial charge in [0.15, 0.2) is 5.54 Å². The molecule has 1 N–H and O–H groups in total. The lowest BCUT2D eigenvalue weighted by Crippen LogP contribution is -2.68. The van der Waals surface area contributed by atoms with Crippen LogP contribution in [0.5, 0.6) is 5.75 Å². The van der Waals surface area contributed by atoms with Crippen LogP contribution in [0.3, 0.4) is 0 Å². The first-order valence-electron chi connectivity index (χ1n) is 10.6. The maximum absolute atomic E-state index is 13.7. The first-order chi connectivity index (χ1) is 14.7. The summed E-state index contributed by atoms with van der Waals surface area (Å²) in [5.41, 5.74) is 1.24. The molecule has 1 fully saturated rings. The Morgan fingerprint density at radius 2 is 1.81 bits per heavy atom. The van der Waals surface area contributed by atoms with E-state index in [9.17, 15) is 9.59 Å². The number of carbonyl (C=O) groups is 2. The summed E-state index contributed by atoms with van der Waals surface area (Å²) in [6.07, 6.45) is 0.371. The van der Waals surface area contributed by atoms with Gasteiger partial charge in [0, 0.05) is 31.6 Å². The van der Waals surface area contributed by atoms with Crippen molar-refractivity contribution >= 4 is 11.9 Å². The van der Waals surface area contributed by atoms with Gasteiger partial charge >= 0.3 is 5.97 Å². The van der Waals surface area contributed by atoms with Crippen LogP contribution in [-0.4, -0.2) is 56.2 Å². The molecule has 6 nitrogen and oxygen atoms in total. The molecule has 2 aromatic rings. The molecule has 0 bridgehead atoms. The van der Waals surface area contributed by atoms with Gasteiger partial charge in [-0.25, -0.2) is 4.79 Å². The normalized spacial score (nSPS) is 19.1. The highest BCUT2D eigenvalue weighted by Gasteiger charge is 2.49. The Morgan fingerprint density at radius 3 is 2.42 bits per heavy atom. The number of carbonyl (C=O) groups excluding carboxylic acids is 2. The van der Waals surface area contributed by atoms with Gasteiger partial charge < -0.3 is 19.7 Å². The quantitative estimate of drug-likeness (QED) is 0.747. The number of nitrogens with one attached hydrogen (secondary N) is 1. The fourth-order valence-electron chi connectivity index (χ4n) is 4.23. The second kappa shape index (κ2) is 9.10. The van der Waals surface area contributed by atoms with Gasteiger partial charge in [-0.2, -0.15) is 0 Å². The summed E-state index contributed by atoms with van der Waals surface area (Å²) in [6.45, 7) is 7.65. The van der Waals surface area contributed by atoms with Crippen molar-refractivity contribution in [2.75, 3.05) is 33.9 Å². The van der Waals surface area contributed by atoms with Crippen LogP contribution in [0, 0.1) is 0 Å². The lowest BCUT2D eigenvalue weighted by Gasteiger charge is -2.45. The van der Waals surface area contributed by atoms with Crippen LogP contribution in [0.1, 0.15) is 42.3 Å². The van der Waals surface area contributed by atoms with Crippen molar-refractivity contribution in [2.24, 2.45) is 0 Å². The van der Waals surface area contributed by atoms with Crippen molar-refractivity contribution in [2.45, 2.75) is 38.1 Å². The highest BCUT2D eigenvalue weighted by atomic mass is 16.5. The topological polar surface area (TPSA) is 67.9 Å². The Hall–Kier alpha value is -2.86. The first-order valence-corrected chi connectivity index (χ1v) is 10.6. The average Bonchev–Trinajstić information content (AvgIpc) is 2.77. The van der Waals surface area contributed by atoms with Crippen LogP contribution >= 0.6 is 0 Å². The van der Waals surface area contributed by atoms with Crippen molar-refractivity contribution in [1.29, 1.82) is 0 Å². The summed E-state index contributed by atoms with van der Waals surface area (Å²) in [6, 6.07) is 15.2. The summed E-state index contributed by atoms with van der Waals surface area (Å²) in [5, 5.41) is 3.28. The number of hydrogen-bond acceptors (Lipinski definition) is 5. The molecule has 1 aliphatic heterocycles. The molecular formula is C25H32N2O4. The van der Waals surface area contributed by atoms with Crippen LogP contribution in [0.2, 0.25) is 0 Å². The first kappa shape index (κ1) is 22.8. The molecule has 1 aliphatic rings. The number of esters is 1. The molecular weight excluding hydrogens is 392 g/mol. The summed E-state index contributed by atoms with van der Waals surface area (Å²) < 4.78 is 10.8. The van der Waals surface area contributed by atoms with Crippen molar-refractivity contribution in [1.82, 2.24) is 10.2 Å². The maximum atomic E-state index is 13.7. The van der Waals surface area contributed by atoms with Crippen molar-refractivity contribution < 1.29 is 19.1 Å². The second-order valence-corrected chi connectivity index (χ2v) is 8.98. The van der Waals surface area contributed by atoms with E-state index in [-0.39, 0.29) is 11.3 Å². The lowest BCUT2D eigenvalue weighted by molar-refractivity contribution is -0.154. The Morgan fingerprint density at radius 1 is 1.10 bits per heavy atom. The van der Waals surface area contributed by atoms with Gasteiger partial charge in [-0.05, 0) is 28.7 Å². The molecule has 2 aromatic carbocycles. The number of amides is 1. The number of piperazine rings is 1. The van der Waals surface area contributed by atoms with Gasteiger partial charge in [0.25, 0.3) is 5.91 Å². The van der Waals surface area contributed by atoms with E-state index in [4.69, 9.17) is 9.47 Å². The Bertz CT molecular complexity index is 936. The Labute approximate surface area is 184 Å². The zero-order chi connectivity index (χ0) is 22.6. The number of rotatable bonds is 5. The van der Waals surface area contributed by atoms with Crippen LogP contribution in [0.4, 0.5) is 0 Å². The molecule has 31 heavy (non-hydrogen) atoms. The largest absolute Gasteiger partial charge is 0.496 e. The zero-order valence-corrected chi connectivity index (χ0v) is 19.0. The minimum absolute atomic E-state index is 0.120. The van der Waals surface area contributed by atoms with Gasteiger partial charge in [0.05, 0.1) is 14.2 Å². The molecule has 1 amide bonds. The number of ether oxygens (including phenoxy) is 2. The van der Waals surface area contributed by atoms with Gasteiger partial charge in [0.1, 0.15) is 5.75 Å². The van der Waals surface area contributed by atoms with E-state index >= 15 is 0 Å². The number of methoxy groups -OCH3 is 2. The minimum Gasteiger partial charge on any atom is -0.496 e. The molecule has 1 heterocycles. The van der Waals surface area contributed by atoms with Crippen LogP contribution < -0.4 is 10.1 Å².